The van der Waals surface area contributed by atoms with Gasteiger partial charge >= 0.3 is 6.03 Å². The van der Waals surface area contributed by atoms with E-state index >= 15 is 0 Å². The lowest BCUT2D eigenvalue weighted by Crippen LogP contribution is -2.44. The minimum Gasteiger partial charge on any atom is -0.354 e. The number of hydrogen-bond donors (Lipinski definition) is 2. The molecule has 0 aliphatic carbocycles. The van der Waals surface area contributed by atoms with Gasteiger partial charge in [-0.15, -0.1) is 11.3 Å². The number of nitrogens with zero attached hydrogens (tertiary/aromatic N) is 4. The van der Waals surface area contributed by atoms with E-state index in [-0.39, 0.29) is 6.03 Å². The number of carbonyl (C=O) groups is 1. The zero-order valence-electron chi connectivity index (χ0n) is 15.6. The van der Waals surface area contributed by atoms with Crippen molar-refractivity contribution in [3.63, 3.8) is 0 Å². The standard InChI is InChI=1S/C18H26N6OS/c1-4-16-21-13(2)17(26-16)22-18(25)20-12-14-5-6-15(19-11-14)24-9-7-23(3)8-10-24/h5-6,11H,4,7-10,12H2,1-3H3,(H2,20,22,25). The first-order valence-corrected chi connectivity index (χ1v) is 9.76. The highest BCUT2D eigenvalue weighted by Gasteiger charge is 2.15. The summed E-state index contributed by atoms with van der Waals surface area (Å²) in [6.07, 6.45) is 2.71. The molecule has 2 aromatic heterocycles. The van der Waals surface area contributed by atoms with Crippen molar-refractivity contribution >= 4 is 28.2 Å². The smallest absolute Gasteiger partial charge is 0.320 e. The topological polar surface area (TPSA) is 73.4 Å². The molecule has 7 nitrogen and oxygen atoms in total. The van der Waals surface area contributed by atoms with E-state index in [0.29, 0.717) is 6.54 Å². The average molecular weight is 375 g/mol. The summed E-state index contributed by atoms with van der Waals surface area (Å²) in [6, 6.07) is 3.83. The zero-order chi connectivity index (χ0) is 18.5. The van der Waals surface area contributed by atoms with Gasteiger partial charge in [-0.25, -0.2) is 14.8 Å². The number of pyridine rings is 1. The van der Waals surface area contributed by atoms with Crippen molar-refractivity contribution < 1.29 is 4.79 Å². The van der Waals surface area contributed by atoms with Crippen molar-refractivity contribution in [2.24, 2.45) is 0 Å². The Morgan fingerprint density at radius 3 is 2.65 bits per heavy atom. The van der Waals surface area contributed by atoms with Crippen molar-refractivity contribution in [1.29, 1.82) is 0 Å². The summed E-state index contributed by atoms with van der Waals surface area (Å²) >= 11 is 1.52. The number of hydrogen-bond acceptors (Lipinski definition) is 6. The number of aryl methyl sites for hydroxylation is 2. The first-order valence-electron chi connectivity index (χ1n) is 8.94. The highest BCUT2D eigenvalue weighted by Crippen LogP contribution is 2.24. The van der Waals surface area contributed by atoms with E-state index in [0.717, 1.165) is 59.7 Å². The molecule has 140 valence electrons. The molecule has 0 bridgehead atoms. The summed E-state index contributed by atoms with van der Waals surface area (Å²) in [5, 5.41) is 7.59. The molecule has 0 radical (unpaired) electrons. The van der Waals surface area contributed by atoms with Gasteiger partial charge in [-0.1, -0.05) is 13.0 Å². The molecular weight excluding hydrogens is 348 g/mol. The number of aromatic nitrogens is 2. The number of amides is 2. The van der Waals surface area contributed by atoms with Crippen LogP contribution < -0.4 is 15.5 Å². The van der Waals surface area contributed by atoms with Gasteiger partial charge in [0.2, 0.25) is 0 Å². The maximum atomic E-state index is 12.1. The average Bonchev–Trinajstić information content (AvgIpc) is 3.01. The second kappa shape index (κ2) is 8.46. The molecule has 1 fully saturated rings. The fourth-order valence-electron chi connectivity index (χ4n) is 2.79. The van der Waals surface area contributed by atoms with Crippen LogP contribution in [0.3, 0.4) is 0 Å². The van der Waals surface area contributed by atoms with Gasteiger partial charge in [0.1, 0.15) is 10.8 Å². The van der Waals surface area contributed by atoms with Gasteiger partial charge in [-0.3, -0.25) is 5.32 Å². The minimum absolute atomic E-state index is 0.220. The van der Waals surface area contributed by atoms with Crippen LogP contribution in [-0.4, -0.2) is 54.1 Å². The van der Waals surface area contributed by atoms with E-state index in [2.05, 4.69) is 44.4 Å². The Kier molecular flexibility index (Phi) is 6.05. The predicted octanol–water partition coefficient (Wildman–Crippen LogP) is 2.48. The normalized spacial score (nSPS) is 15.1. The lowest BCUT2D eigenvalue weighted by molar-refractivity contribution is 0.252. The van der Waals surface area contributed by atoms with Crippen LogP contribution in [0.25, 0.3) is 0 Å². The Balaban J connectivity index is 1.49. The molecule has 0 aromatic carbocycles. The fraction of sp³-hybridized carbons (Fsp3) is 0.500. The van der Waals surface area contributed by atoms with Crippen LogP contribution in [0.1, 0.15) is 23.2 Å². The molecule has 8 heteroatoms. The fourth-order valence-corrected chi connectivity index (χ4v) is 3.69. The van der Waals surface area contributed by atoms with Gasteiger partial charge in [-0.05, 0) is 32.0 Å². The summed E-state index contributed by atoms with van der Waals surface area (Å²) < 4.78 is 0. The molecule has 26 heavy (non-hydrogen) atoms. The first kappa shape index (κ1) is 18.6. The molecule has 3 rings (SSSR count). The van der Waals surface area contributed by atoms with Crippen LogP contribution in [0.5, 0.6) is 0 Å². The van der Waals surface area contributed by atoms with Gasteiger partial charge in [0, 0.05) is 38.9 Å². The summed E-state index contributed by atoms with van der Waals surface area (Å²) in [6.45, 7) is 8.52. The molecule has 1 aliphatic heterocycles. The lowest BCUT2D eigenvalue weighted by atomic mass is 10.2. The van der Waals surface area contributed by atoms with Crippen LogP contribution in [0.4, 0.5) is 15.6 Å². The van der Waals surface area contributed by atoms with E-state index < -0.39 is 0 Å². The number of carbonyl (C=O) groups excluding carboxylic acids is 1. The summed E-state index contributed by atoms with van der Waals surface area (Å²) in [5.41, 5.74) is 1.84. The van der Waals surface area contributed by atoms with Crippen LogP contribution in [0, 0.1) is 6.92 Å². The number of likely N-dealkylation sites (N-methyl/N-ethyl adjacent to an activating group) is 1. The van der Waals surface area contributed by atoms with Crippen LogP contribution >= 0.6 is 11.3 Å². The highest BCUT2D eigenvalue weighted by atomic mass is 32.1. The maximum absolute atomic E-state index is 12.1. The number of urea groups is 1. The minimum atomic E-state index is -0.220. The Bertz CT molecular complexity index is 737. The monoisotopic (exact) mass is 374 g/mol. The first-order chi connectivity index (χ1) is 12.5. The third kappa shape index (κ3) is 4.70. The third-order valence-electron chi connectivity index (χ3n) is 4.46. The van der Waals surface area contributed by atoms with Crippen molar-refractivity contribution in [2.45, 2.75) is 26.8 Å². The number of anilines is 2. The highest BCUT2D eigenvalue weighted by molar-refractivity contribution is 7.16. The molecule has 0 spiro atoms. The van der Waals surface area contributed by atoms with E-state index in [9.17, 15) is 4.79 Å². The van der Waals surface area contributed by atoms with Crippen LogP contribution in [-0.2, 0) is 13.0 Å². The number of thiazole rings is 1. The van der Waals surface area contributed by atoms with Gasteiger partial charge in [0.05, 0.1) is 10.7 Å². The van der Waals surface area contributed by atoms with Gasteiger partial charge in [0.15, 0.2) is 0 Å². The molecule has 2 N–H and O–H groups in total. The lowest BCUT2D eigenvalue weighted by Gasteiger charge is -2.33. The van der Waals surface area contributed by atoms with Gasteiger partial charge in [-0.2, -0.15) is 0 Å². The van der Waals surface area contributed by atoms with E-state index in [1.807, 2.05) is 25.3 Å². The second-order valence-corrected chi connectivity index (χ2v) is 7.58. The molecular formula is C18H26N6OS. The van der Waals surface area contributed by atoms with Gasteiger partial charge < -0.3 is 15.1 Å². The summed E-state index contributed by atoms with van der Waals surface area (Å²) in [7, 11) is 2.14. The molecule has 2 aromatic rings. The number of piperazine rings is 1. The molecule has 2 amide bonds. The van der Waals surface area contributed by atoms with Crippen molar-refractivity contribution in [1.82, 2.24) is 20.2 Å². The Labute approximate surface area is 158 Å². The van der Waals surface area contributed by atoms with Crippen LogP contribution in [0.2, 0.25) is 0 Å². The quantitative estimate of drug-likeness (QED) is 0.841. The third-order valence-corrected chi connectivity index (χ3v) is 5.68. The molecule has 0 saturated carbocycles. The predicted molar refractivity (Wildman–Crippen MR) is 106 cm³/mol. The van der Waals surface area contributed by atoms with Gasteiger partial charge in [0.25, 0.3) is 0 Å². The summed E-state index contributed by atoms with van der Waals surface area (Å²) in [4.78, 5) is 25.7. The van der Waals surface area contributed by atoms with E-state index in [1.165, 1.54) is 11.3 Å². The zero-order valence-corrected chi connectivity index (χ0v) is 16.4. The van der Waals surface area contributed by atoms with E-state index in [4.69, 9.17) is 0 Å². The molecule has 0 atom stereocenters. The van der Waals surface area contributed by atoms with Crippen molar-refractivity contribution in [2.75, 3.05) is 43.4 Å². The number of rotatable bonds is 5. The second-order valence-electron chi connectivity index (χ2n) is 6.50. The largest absolute Gasteiger partial charge is 0.354 e. The SMILES string of the molecule is CCc1nc(C)c(NC(=O)NCc2ccc(N3CCN(C)CC3)nc2)s1. The van der Waals surface area contributed by atoms with Crippen molar-refractivity contribution in [3.8, 4) is 0 Å². The molecule has 1 saturated heterocycles. The Hall–Kier alpha value is -2.19. The van der Waals surface area contributed by atoms with Crippen molar-refractivity contribution in [3.05, 3.63) is 34.6 Å². The maximum Gasteiger partial charge on any atom is 0.320 e. The Morgan fingerprint density at radius 2 is 2.04 bits per heavy atom. The van der Waals surface area contributed by atoms with E-state index in [1.54, 1.807) is 0 Å². The molecule has 0 unspecified atom stereocenters. The molecule has 3 heterocycles. The van der Waals surface area contributed by atoms with Crippen LogP contribution in [0.15, 0.2) is 18.3 Å². The summed E-state index contributed by atoms with van der Waals surface area (Å²) in [5.74, 6) is 0.999. The number of nitrogens with one attached hydrogen (secondary N) is 2. The molecule has 1 aliphatic rings. The Morgan fingerprint density at radius 1 is 1.27 bits per heavy atom.